The van der Waals surface area contributed by atoms with Crippen molar-refractivity contribution in [3.8, 4) is 0 Å². The molecule has 0 amide bonds. The molecular weight excluding hydrogens is 266 g/mol. The second-order valence-electron chi connectivity index (χ2n) is 4.26. The molecule has 2 N–H and O–H groups in total. The van der Waals surface area contributed by atoms with Crippen molar-refractivity contribution in [2.45, 2.75) is 31.3 Å². The molecule has 1 aromatic heterocycles. The normalized spacial score (nSPS) is 13.7. The Balaban J connectivity index is 3.16. The summed E-state index contributed by atoms with van der Waals surface area (Å²) in [5, 5.41) is -0.0913. The highest BCUT2D eigenvalue weighted by molar-refractivity contribution is 7.89. The Hall–Kier alpha value is -1.18. The van der Waals surface area contributed by atoms with Gasteiger partial charge in [0.2, 0.25) is 0 Å². The van der Waals surface area contributed by atoms with Crippen molar-refractivity contribution in [2.75, 3.05) is 26.0 Å². The van der Waals surface area contributed by atoms with E-state index in [1.54, 1.807) is 6.07 Å². The third kappa shape index (κ3) is 3.65. The van der Waals surface area contributed by atoms with Gasteiger partial charge in [-0.05, 0) is 25.5 Å². The largest absolute Gasteiger partial charge is 0.396 e. The molecule has 0 saturated heterocycles. The zero-order valence-electron chi connectivity index (χ0n) is 11.5. The first-order valence-electron chi connectivity index (χ1n) is 6.16. The summed E-state index contributed by atoms with van der Waals surface area (Å²) in [6.45, 7) is 4.40. The van der Waals surface area contributed by atoms with Gasteiger partial charge < -0.3 is 10.5 Å². The molecule has 108 valence electrons. The van der Waals surface area contributed by atoms with Gasteiger partial charge >= 0.3 is 0 Å². The minimum Gasteiger partial charge on any atom is -0.396 e. The smallest absolute Gasteiger partial charge is 0.262 e. The minimum atomic E-state index is -3.70. The number of hydrogen-bond donors (Lipinski definition) is 1. The topological polar surface area (TPSA) is 85.5 Å². The lowest BCUT2D eigenvalue weighted by Gasteiger charge is -2.27. The van der Waals surface area contributed by atoms with Gasteiger partial charge in [-0.2, -0.15) is 4.31 Å². The fourth-order valence-corrected chi connectivity index (χ4v) is 3.41. The van der Waals surface area contributed by atoms with E-state index in [9.17, 15) is 8.42 Å². The van der Waals surface area contributed by atoms with E-state index in [0.29, 0.717) is 13.0 Å². The molecule has 1 rings (SSSR count). The lowest BCUT2D eigenvalue weighted by atomic mass is 10.3. The van der Waals surface area contributed by atoms with Crippen molar-refractivity contribution < 1.29 is 13.2 Å². The molecule has 7 heteroatoms. The number of sulfonamides is 1. The molecule has 0 aliphatic carbocycles. The Morgan fingerprint density at radius 1 is 1.53 bits per heavy atom. The predicted molar refractivity (Wildman–Crippen MR) is 74.2 cm³/mol. The van der Waals surface area contributed by atoms with E-state index in [0.717, 1.165) is 0 Å². The van der Waals surface area contributed by atoms with Crippen LogP contribution in [-0.4, -0.2) is 44.0 Å². The number of hydrogen-bond acceptors (Lipinski definition) is 5. The monoisotopic (exact) mass is 287 g/mol. The molecular formula is C12H21N3O3S. The number of aromatic nitrogens is 1. The van der Waals surface area contributed by atoms with E-state index in [1.165, 1.54) is 23.7 Å². The molecule has 1 aromatic rings. The number of nitrogen functional groups attached to an aromatic ring is 1. The van der Waals surface area contributed by atoms with Crippen LogP contribution in [0.3, 0.4) is 0 Å². The van der Waals surface area contributed by atoms with Gasteiger partial charge in [0.1, 0.15) is 0 Å². The Bertz CT molecular complexity index is 505. The Morgan fingerprint density at radius 2 is 2.21 bits per heavy atom. The molecule has 0 aromatic carbocycles. The van der Waals surface area contributed by atoms with Crippen LogP contribution in [0.5, 0.6) is 0 Å². The van der Waals surface area contributed by atoms with Gasteiger partial charge in [-0.1, -0.05) is 6.92 Å². The number of rotatable bonds is 7. The summed E-state index contributed by atoms with van der Waals surface area (Å²) in [6, 6.07) is 3.00. The van der Waals surface area contributed by atoms with Crippen LogP contribution in [0, 0.1) is 0 Å². The van der Waals surface area contributed by atoms with E-state index in [-0.39, 0.29) is 23.3 Å². The highest BCUT2D eigenvalue weighted by atomic mass is 32.2. The SMILES string of the molecule is CCC(C)N(CCOC)S(=O)(=O)c1ncccc1N. The molecule has 1 unspecified atom stereocenters. The van der Waals surface area contributed by atoms with Crippen LogP contribution in [-0.2, 0) is 14.8 Å². The first kappa shape index (κ1) is 15.9. The number of nitrogens with two attached hydrogens (primary N) is 1. The Labute approximate surface area is 114 Å². The van der Waals surface area contributed by atoms with Gasteiger partial charge in [0.05, 0.1) is 12.3 Å². The van der Waals surface area contributed by atoms with E-state index in [2.05, 4.69) is 4.98 Å². The van der Waals surface area contributed by atoms with Crippen LogP contribution >= 0.6 is 0 Å². The fourth-order valence-electron chi connectivity index (χ4n) is 1.69. The zero-order chi connectivity index (χ0) is 14.5. The molecule has 0 bridgehead atoms. The molecule has 0 saturated carbocycles. The summed E-state index contributed by atoms with van der Waals surface area (Å²) in [4.78, 5) is 3.90. The van der Waals surface area contributed by atoms with Gasteiger partial charge in [0.15, 0.2) is 5.03 Å². The highest BCUT2D eigenvalue weighted by Gasteiger charge is 2.30. The average molecular weight is 287 g/mol. The molecule has 1 heterocycles. The maximum absolute atomic E-state index is 12.6. The van der Waals surface area contributed by atoms with Crippen LogP contribution in [0.1, 0.15) is 20.3 Å². The third-order valence-electron chi connectivity index (χ3n) is 2.95. The quantitative estimate of drug-likeness (QED) is 0.811. The van der Waals surface area contributed by atoms with Crippen LogP contribution < -0.4 is 5.73 Å². The lowest BCUT2D eigenvalue weighted by Crippen LogP contribution is -2.41. The molecule has 0 aliphatic heterocycles. The summed E-state index contributed by atoms with van der Waals surface area (Å²) in [6.07, 6.45) is 2.13. The van der Waals surface area contributed by atoms with Crippen LogP contribution in [0.25, 0.3) is 0 Å². The molecule has 1 atom stereocenters. The summed E-state index contributed by atoms with van der Waals surface area (Å²) >= 11 is 0. The van der Waals surface area contributed by atoms with Crippen molar-refractivity contribution in [1.82, 2.24) is 9.29 Å². The van der Waals surface area contributed by atoms with E-state index < -0.39 is 10.0 Å². The van der Waals surface area contributed by atoms with Crippen molar-refractivity contribution >= 4 is 15.7 Å². The summed E-state index contributed by atoms with van der Waals surface area (Å²) in [5.41, 5.74) is 5.88. The molecule has 19 heavy (non-hydrogen) atoms. The van der Waals surface area contributed by atoms with Crippen molar-refractivity contribution in [2.24, 2.45) is 0 Å². The standard InChI is InChI=1S/C12H21N3O3S/c1-4-10(2)15(8-9-18-3)19(16,17)12-11(13)6-5-7-14-12/h5-7,10H,4,8-9,13H2,1-3H3. The zero-order valence-corrected chi connectivity index (χ0v) is 12.4. The summed E-state index contributed by atoms with van der Waals surface area (Å²) in [7, 11) is -2.16. The first-order chi connectivity index (χ1) is 8.95. The number of anilines is 1. The van der Waals surface area contributed by atoms with Crippen molar-refractivity contribution in [3.63, 3.8) is 0 Å². The number of nitrogens with zero attached hydrogens (tertiary/aromatic N) is 2. The van der Waals surface area contributed by atoms with Crippen LogP contribution in [0.4, 0.5) is 5.69 Å². The first-order valence-corrected chi connectivity index (χ1v) is 7.60. The van der Waals surface area contributed by atoms with Gasteiger partial charge in [-0.15, -0.1) is 0 Å². The van der Waals surface area contributed by atoms with E-state index >= 15 is 0 Å². The van der Waals surface area contributed by atoms with Crippen LogP contribution in [0.15, 0.2) is 23.4 Å². The summed E-state index contributed by atoms with van der Waals surface area (Å²) < 4.78 is 31.5. The maximum atomic E-state index is 12.6. The van der Waals surface area contributed by atoms with Crippen molar-refractivity contribution in [3.05, 3.63) is 18.3 Å². The summed E-state index contributed by atoms with van der Waals surface area (Å²) in [5.74, 6) is 0. The Morgan fingerprint density at radius 3 is 2.74 bits per heavy atom. The number of methoxy groups -OCH3 is 1. The fraction of sp³-hybridized carbons (Fsp3) is 0.583. The van der Waals surface area contributed by atoms with Gasteiger partial charge in [-0.3, -0.25) is 0 Å². The van der Waals surface area contributed by atoms with Gasteiger partial charge in [0.25, 0.3) is 10.0 Å². The molecule has 0 fully saturated rings. The predicted octanol–water partition coefficient (Wildman–Crippen LogP) is 1.10. The average Bonchev–Trinajstić information content (AvgIpc) is 2.38. The lowest BCUT2D eigenvalue weighted by molar-refractivity contribution is 0.167. The molecule has 0 aliphatic rings. The Kier molecular flexibility index (Phi) is 5.71. The molecule has 6 nitrogen and oxygen atoms in total. The van der Waals surface area contributed by atoms with Crippen molar-refractivity contribution in [1.29, 1.82) is 0 Å². The van der Waals surface area contributed by atoms with E-state index in [4.69, 9.17) is 10.5 Å². The maximum Gasteiger partial charge on any atom is 0.262 e. The second kappa shape index (κ2) is 6.83. The van der Waals surface area contributed by atoms with Gasteiger partial charge in [0, 0.05) is 25.9 Å². The van der Waals surface area contributed by atoms with E-state index in [1.807, 2.05) is 13.8 Å². The molecule has 0 radical (unpaired) electrons. The molecule has 0 spiro atoms. The second-order valence-corrected chi connectivity index (χ2v) is 6.07. The number of pyridine rings is 1. The van der Waals surface area contributed by atoms with Gasteiger partial charge in [-0.25, -0.2) is 13.4 Å². The highest BCUT2D eigenvalue weighted by Crippen LogP contribution is 2.22. The number of ether oxygens (including phenoxy) is 1. The third-order valence-corrected chi connectivity index (χ3v) is 4.94. The van der Waals surface area contributed by atoms with Crippen LogP contribution in [0.2, 0.25) is 0 Å². The minimum absolute atomic E-state index is 0.0913.